The number of phenols is 1. The van der Waals surface area contributed by atoms with Gasteiger partial charge in [-0.2, -0.15) is 4.98 Å². The molecule has 5 fully saturated rings. The van der Waals surface area contributed by atoms with E-state index in [-0.39, 0.29) is 11.3 Å². The monoisotopic (exact) mass is 539 g/mol. The molecule has 0 amide bonds. The van der Waals surface area contributed by atoms with Gasteiger partial charge in [-0.25, -0.2) is 0 Å². The highest BCUT2D eigenvalue weighted by Crippen LogP contribution is 2.62. The first-order chi connectivity index (χ1) is 19.0. The second-order valence-electron chi connectivity index (χ2n) is 12.3. The van der Waals surface area contributed by atoms with Gasteiger partial charge in [0, 0.05) is 36.0 Å². The van der Waals surface area contributed by atoms with Gasteiger partial charge < -0.3 is 19.8 Å². The third kappa shape index (κ3) is 4.01. The van der Waals surface area contributed by atoms with Crippen LogP contribution in [0, 0.1) is 17.8 Å². The van der Waals surface area contributed by atoms with Crippen molar-refractivity contribution in [1.29, 1.82) is 0 Å². The Morgan fingerprint density at radius 2 is 1.62 bits per heavy atom. The first kappa shape index (κ1) is 23.7. The number of hydrogen-bond acceptors (Lipinski definition) is 7. The Morgan fingerprint density at radius 3 is 2.36 bits per heavy atom. The Morgan fingerprint density at radius 1 is 0.923 bits per heavy atom. The van der Waals surface area contributed by atoms with Crippen LogP contribution in [0.1, 0.15) is 54.5 Å². The van der Waals surface area contributed by atoms with Gasteiger partial charge in [0.1, 0.15) is 5.75 Å². The van der Waals surface area contributed by atoms with E-state index in [0.29, 0.717) is 19.0 Å². The molecule has 0 unspecified atom stereocenters. The Hall–Kier alpha value is -3.16. The van der Waals surface area contributed by atoms with Gasteiger partial charge in [-0.3, -0.25) is 4.99 Å². The number of allylic oxidation sites excluding steroid dienone is 1. The molecule has 6 nitrogen and oxygen atoms in total. The van der Waals surface area contributed by atoms with Crippen molar-refractivity contribution in [2.45, 2.75) is 43.9 Å². The molecule has 2 aliphatic heterocycles. The van der Waals surface area contributed by atoms with Gasteiger partial charge in [-0.1, -0.05) is 23.5 Å². The minimum absolute atomic E-state index is 0.0609. The van der Waals surface area contributed by atoms with Crippen LogP contribution in [0.25, 0.3) is 22.8 Å². The van der Waals surface area contributed by atoms with E-state index < -0.39 is 0 Å². The number of phenolic OH excluding ortho intramolecular Hbond substituents is 1. The summed E-state index contributed by atoms with van der Waals surface area (Å²) in [6.45, 7) is 2.94. The fourth-order valence-corrected chi connectivity index (χ4v) is 9.36. The summed E-state index contributed by atoms with van der Waals surface area (Å²) in [5.74, 6) is 3.01. The smallest absolute Gasteiger partial charge is 0.231 e. The normalized spacial score (nSPS) is 29.9. The van der Waals surface area contributed by atoms with Crippen molar-refractivity contribution >= 4 is 40.0 Å². The number of rotatable bonds is 4. The summed E-state index contributed by atoms with van der Waals surface area (Å²) in [4.78, 5) is 12.0. The molecule has 6 aliphatic rings. The zero-order valence-corrected chi connectivity index (χ0v) is 22.8. The van der Waals surface area contributed by atoms with E-state index in [1.807, 2.05) is 24.4 Å². The Balaban J connectivity index is 1.12. The SMILES string of the molecule is Oc1ccc(-c2ccc3c(c2)/C(=C/c2sc(N4CCOCC4)nc2O)C=N3)cc1C12CC3CC(CC(C3)C1)C2. The summed E-state index contributed by atoms with van der Waals surface area (Å²) in [6.07, 6.45) is 11.7. The van der Waals surface area contributed by atoms with Crippen molar-refractivity contribution in [3.63, 3.8) is 0 Å². The average Bonchev–Trinajstić information content (AvgIpc) is 3.51. The van der Waals surface area contributed by atoms with E-state index in [1.165, 1.54) is 49.9 Å². The molecule has 4 saturated carbocycles. The van der Waals surface area contributed by atoms with Gasteiger partial charge >= 0.3 is 0 Å². The number of aromatic nitrogens is 1. The maximum absolute atomic E-state index is 11.1. The maximum atomic E-state index is 11.1. The molecule has 2 N–H and O–H groups in total. The first-order valence-corrected chi connectivity index (χ1v) is 15.1. The molecule has 4 aliphatic carbocycles. The molecule has 0 atom stereocenters. The lowest BCUT2D eigenvalue weighted by atomic mass is 9.48. The van der Waals surface area contributed by atoms with Crippen LogP contribution in [0.2, 0.25) is 0 Å². The van der Waals surface area contributed by atoms with Crippen LogP contribution in [-0.4, -0.2) is 47.7 Å². The number of aromatic hydroxyl groups is 2. The van der Waals surface area contributed by atoms with Crippen molar-refractivity contribution in [3.05, 3.63) is 52.4 Å². The van der Waals surface area contributed by atoms with E-state index in [0.717, 1.165) is 74.4 Å². The van der Waals surface area contributed by atoms with Crippen LogP contribution in [-0.2, 0) is 10.2 Å². The minimum Gasteiger partial charge on any atom is -0.508 e. The highest BCUT2D eigenvalue weighted by molar-refractivity contribution is 7.16. The zero-order chi connectivity index (χ0) is 26.1. The molecule has 0 radical (unpaired) electrons. The van der Waals surface area contributed by atoms with Gasteiger partial charge in [0.05, 0.1) is 23.8 Å². The van der Waals surface area contributed by atoms with Gasteiger partial charge in [-0.15, -0.1) is 0 Å². The lowest BCUT2D eigenvalue weighted by Crippen LogP contribution is -2.48. The molecular formula is C32H33N3O3S. The predicted molar refractivity (Wildman–Crippen MR) is 156 cm³/mol. The molecule has 2 aromatic carbocycles. The molecule has 7 heteroatoms. The number of hydrogen-bond donors (Lipinski definition) is 2. The molecule has 200 valence electrons. The fraction of sp³-hybridized carbons (Fsp3) is 0.438. The Bertz CT molecular complexity index is 1480. The van der Waals surface area contributed by atoms with Crippen LogP contribution in [0.4, 0.5) is 10.8 Å². The number of fused-ring (bicyclic) bond motifs is 1. The lowest BCUT2D eigenvalue weighted by Gasteiger charge is -2.57. The van der Waals surface area contributed by atoms with E-state index >= 15 is 0 Å². The first-order valence-electron chi connectivity index (χ1n) is 14.3. The van der Waals surface area contributed by atoms with Crippen LogP contribution in [0.3, 0.4) is 0 Å². The summed E-state index contributed by atoms with van der Waals surface area (Å²) in [6, 6.07) is 12.6. The van der Waals surface area contributed by atoms with Gasteiger partial charge in [0.2, 0.25) is 5.88 Å². The van der Waals surface area contributed by atoms with Crippen molar-refractivity contribution in [2.24, 2.45) is 22.7 Å². The third-order valence-electron chi connectivity index (χ3n) is 9.78. The van der Waals surface area contributed by atoms with E-state index in [9.17, 15) is 10.2 Å². The lowest BCUT2D eigenvalue weighted by molar-refractivity contribution is -0.00611. The van der Waals surface area contributed by atoms with Crippen LogP contribution in [0.5, 0.6) is 11.6 Å². The van der Waals surface area contributed by atoms with E-state index in [4.69, 9.17) is 4.74 Å². The van der Waals surface area contributed by atoms with Crippen LogP contribution >= 0.6 is 11.3 Å². The van der Waals surface area contributed by atoms with E-state index in [1.54, 1.807) is 0 Å². The van der Waals surface area contributed by atoms with Crippen LogP contribution in [0.15, 0.2) is 41.4 Å². The van der Waals surface area contributed by atoms with Crippen molar-refractivity contribution < 1.29 is 14.9 Å². The van der Waals surface area contributed by atoms with Crippen molar-refractivity contribution in [2.75, 3.05) is 31.2 Å². The molecule has 1 saturated heterocycles. The molecule has 0 spiro atoms. The Labute approximate surface area is 232 Å². The molecule has 9 rings (SSSR count). The number of anilines is 1. The quantitative estimate of drug-likeness (QED) is 0.382. The number of thiazole rings is 1. The highest BCUT2D eigenvalue weighted by Gasteiger charge is 2.52. The third-order valence-corrected chi connectivity index (χ3v) is 10.8. The fourth-order valence-electron chi connectivity index (χ4n) is 8.40. The topological polar surface area (TPSA) is 78.2 Å². The summed E-state index contributed by atoms with van der Waals surface area (Å²) in [5, 5.41) is 22.5. The number of nitrogens with zero attached hydrogens (tertiary/aromatic N) is 3. The minimum atomic E-state index is 0.0609. The summed E-state index contributed by atoms with van der Waals surface area (Å²) >= 11 is 1.50. The molecule has 3 heterocycles. The summed E-state index contributed by atoms with van der Waals surface area (Å²) < 4.78 is 5.46. The molecule has 39 heavy (non-hydrogen) atoms. The second kappa shape index (κ2) is 8.93. The number of benzene rings is 2. The number of aliphatic imine (C=N–C) groups is 1. The Kier molecular flexibility index (Phi) is 5.43. The molecular weight excluding hydrogens is 506 g/mol. The second-order valence-corrected chi connectivity index (χ2v) is 13.3. The highest BCUT2D eigenvalue weighted by atomic mass is 32.1. The largest absolute Gasteiger partial charge is 0.508 e. The standard InChI is InChI=1S/C32H33N3O3S/c36-28-4-2-23(13-26(28)32-15-19-9-20(16-32)11-21(10-19)17-32)22-1-3-27-25(12-22)24(18-33-27)14-29-30(37)34-31(39-29)35-5-7-38-8-6-35/h1-4,12-14,18-21,36-37H,5-11,15-17H2/b24-14+. The van der Waals surface area contributed by atoms with Crippen molar-refractivity contribution in [3.8, 4) is 22.8 Å². The van der Waals surface area contributed by atoms with Crippen LogP contribution < -0.4 is 4.90 Å². The maximum Gasteiger partial charge on any atom is 0.231 e. The number of morpholine rings is 1. The average molecular weight is 540 g/mol. The summed E-state index contributed by atoms with van der Waals surface area (Å²) in [7, 11) is 0. The predicted octanol–water partition coefficient (Wildman–Crippen LogP) is 6.78. The van der Waals surface area contributed by atoms with Crippen molar-refractivity contribution in [1.82, 2.24) is 4.98 Å². The number of ether oxygens (including phenoxy) is 1. The van der Waals surface area contributed by atoms with E-state index in [2.05, 4.69) is 39.1 Å². The van der Waals surface area contributed by atoms with Gasteiger partial charge in [0.15, 0.2) is 5.13 Å². The molecule has 3 aromatic rings. The molecule has 4 bridgehead atoms. The zero-order valence-electron chi connectivity index (χ0n) is 22.0. The van der Waals surface area contributed by atoms with Gasteiger partial charge in [-0.05, 0) is 103 Å². The summed E-state index contributed by atoms with van der Waals surface area (Å²) in [5.41, 5.74) is 6.53. The molecule has 1 aromatic heterocycles. The van der Waals surface area contributed by atoms with Gasteiger partial charge in [0.25, 0.3) is 0 Å².